The minimum absolute atomic E-state index is 0.113. The van der Waals surface area contributed by atoms with Crippen molar-refractivity contribution in [3.63, 3.8) is 0 Å². The summed E-state index contributed by atoms with van der Waals surface area (Å²) in [5.74, 6) is -1.26. The van der Waals surface area contributed by atoms with Crippen molar-refractivity contribution in [2.75, 3.05) is 25.0 Å². The van der Waals surface area contributed by atoms with Gasteiger partial charge < -0.3 is 15.4 Å². The molecule has 118 valence electrons. The third-order valence-electron chi connectivity index (χ3n) is 2.87. The third kappa shape index (κ3) is 3.61. The average Bonchev–Trinajstić information content (AvgIpc) is 3.13. The Morgan fingerprint density at radius 1 is 1.68 bits per heavy atom. The van der Waals surface area contributed by atoms with Crippen molar-refractivity contribution in [1.82, 2.24) is 15.2 Å². The average molecular weight is 324 g/mol. The van der Waals surface area contributed by atoms with Crippen LogP contribution >= 0.6 is 11.3 Å². The molecule has 0 aromatic carbocycles. The van der Waals surface area contributed by atoms with E-state index in [-0.39, 0.29) is 12.2 Å². The van der Waals surface area contributed by atoms with E-state index in [0.717, 1.165) is 4.90 Å². The van der Waals surface area contributed by atoms with Crippen molar-refractivity contribution in [1.29, 1.82) is 0 Å². The fourth-order valence-corrected chi connectivity index (χ4v) is 2.47. The van der Waals surface area contributed by atoms with E-state index in [4.69, 9.17) is 4.74 Å². The van der Waals surface area contributed by atoms with Crippen molar-refractivity contribution >= 4 is 34.4 Å². The molecule has 22 heavy (non-hydrogen) atoms. The maximum absolute atomic E-state index is 12.0. The van der Waals surface area contributed by atoms with E-state index < -0.39 is 24.0 Å². The molecule has 9 heteroatoms. The topological polar surface area (TPSA) is 101 Å². The first-order valence-corrected chi connectivity index (χ1v) is 7.51. The number of carbonyl (C=O) groups is 3. The van der Waals surface area contributed by atoms with E-state index in [1.807, 2.05) is 0 Å². The van der Waals surface area contributed by atoms with Gasteiger partial charge in [-0.05, 0) is 6.92 Å². The lowest BCUT2D eigenvalue weighted by Crippen LogP contribution is -2.41. The van der Waals surface area contributed by atoms with Gasteiger partial charge in [0.25, 0.3) is 5.91 Å². The second-order valence-corrected chi connectivity index (χ2v) is 5.33. The second kappa shape index (κ2) is 7.03. The van der Waals surface area contributed by atoms with Crippen LogP contribution in [-0.4, -0.2) is 53.5 Å². The van der Waals surface area contributed by atoms with E-state index in [1.165, 1.54) is 23.6 Å². The first kappa shape index (κ1) is 16.0. The molecule has 3 amide bonds. The largest absolute Gasteiger partial charge is 0.448 e. The maximum Gasteiger partial charge on any atom is 0.358 e. The lowest BCUT2D eigenvalue weighted by Gasteiger charge is -2.17. The molecule has 2 heterocycles. The van der Waals surface area contributed by atoms with Crippen molar-refractivity contribution in [2.45, 2.75) is 13.0 Å². The zero-order valence-corrected chi connectivity index (χ0v) is 12.8. The van der Waals surface area contributed by atoms with Crippen LogP contribution < -0.4 is 10.6 Å². The van der Waals surface area contributed by atoms with Crippen LogP contribution in [0.3, 0.4) is 0 Å². The lowest BCUT2D eigenvalue weighted by molar-refractivity contribution is -0.136. The molecule has 0 radical (unpaired) electrons. The smallest absolute Gasteiger partial charge is 0.358 e. The first-order chi connectivity index (χ1) is 10.5. The minimum Gasteiger partial charge on any atom is -0.448 e. The van der Waals surface area contributed by atoms with E-state index in [0.29, 0.717) is 18.2 Å². The van der Waals surface area contributed by atoms with Crippen LogP contribution in [0.25, 0.3) is 0 Å². The van der Waals surface area contributed by atoms with Crippen molar-refractivity contribution < 1.29 is 19.1 Å². The number of amides is 3. The molecule has 0 bridgehead atoms. The van der Waals surface area contributed by atoms with Gasteiger partial charge in [-0.15, -0.1) is 17.9 Å². The van der Waals surface area contributed by atoms with Gasteiger partial charge in [0.05, 0.1) is 0 Å². The number of carbonyl (C=O) groups excluding carboxylic acids is 3. The highest BCUT2D eigenvalue weighted by molar-refractivity contribution is 7.13. The second-order valence-electron chi connectivity index (χ2n) is 4.48. The van der Waals surface area contributed by atoms with E-state index in [1.54, 1.807) is 6.08 Å². The number of nitrogens with one attached hydrogen (secondary N) is 2. The summed E-state index contributed by atoms with van der Waals surface area (Å²) in [6.45, 7) is 6.19. The number of esters is 1. The highest BCUT2D eigenvalue weighted by Crippen LogP contribution is 2.16. The van der Waals surface area contributed by atoms with Gasteiger partial charge in [-0.3, -0.25) is 9.69 Å². The number of hydrogen-bond acceptors (Lipinski definition) is 7. The molecule has 1 saturated heterocycles. The molecule has 1 aliphatic rings. The molecule has 1 aromatic heterocycles. The fourth-order valence-electron chi connectivity index (χ4n) is 1.78. The van der Waals surface area contributed by atoms with Crippen LogP contribution in [0.1, 0.15) is 17.4 Å². The molecule has 1 aromatic rings. The summed E-state index contributed by atoms with van der Waals surface area (Å²) in [4.78, 5) is 40.4. The Morgan fingerprint density at radius 3 is 3.09 bits per heavy atom. The Bertz CT molecular complexity index is 601. The van der Waals surface area contributed by atoms with E-state index in [2.05, 4.69) is 22.2 Å². The molecule has 1 atom stereocenters. The summed E-state index contributed by atoms with van der Waals surface area (Å²) in [6, 6.07) is -0.475. The standard InChI is InChI=1S/C13H16N4O4S/c1-3-4-14-12-16-9(7-22-12)11(19)21-8(2)10(18)17-6-5-15-13(17)20/h3,7-8H,1,4-6H2,2H3,(H,14,16)(H,15,20). The van der Waals surface area contributed by atoms with Gasteiger partial charge in [-0.2, -0.15) is 0 Å². The highest BCUT2D eigenvalue weighted by atomic mass is 32.1. The van der Waals surface area contributed by atoms with Crippen LogP contribution in [0.15, 0.2) is 18.0 Å². The molecule has 0 aliphatic carbocycles. The SMILES string of the molecule is C=CCNc1nc(C(=O)OC(C)C(=O)N2CCNC2=O)cs1. The Morgan fingerprint density at radius 2 is 2.45 bits per heavy atom. The monoisotopic (exact) mass is 324 g/mol. The van der Waals surface area contributed by atoms with Crippen molar-refractivity contribution in [3.8, 4) is 0 Å². The third-order valence-corrected chi connectivity index (χ3v) is 3.67. The summed E-state index contributed by atoms with van der Waals surface area (Å²) in [5, 5.41) is 7.56. The molecule has 1 aliphatic heterocycles. The van der Waals surface area contributed by atoms with Gasteiger partial charge in [-0.1, -0.05) is 6.08 Å². The summed E-state index contributed by atoms with van der Waals surface area (Å²) < 4.78 is 5.06. The lowest BCUT2D eigenvalue weighted by atomic mass is 10.3. The number of imide groups is 1. The van der Waals surface area contributed by atoms with Gasteiger partial charge in [0, 0.05) is 25.0 Å². The Kier molecular flexibility index (Phi) is 5.10. The summed E-state index contributed by atoms with van der Waals surface area (Å²) in [7, 11) is 0. The number of urea groups is 1. The molecule has 0 spiro atoms. The highest BCUT2D eigenvalue weighted by Gasteiger charge is 2.32. The Balaban J connectivity index is 1.93. The maximum atomic E-state index is 12.0. The molecule has 1 unspecified atom stereocenters. The molecular weight excluding hydrogens is 308 g/mol. The molecule has 1 fully saturated rings. The van der Waals surface area contributed by atoms with Gasteiger partial charge in [0.15, 0.2) is 16.9 Å². The van der Waals surface area contributed by atoms with Crippen molar-refractivity contribution in [3.05, 3.63) is 23.7 Å². The zero-order valence-electron chi connectivity index (χ0n) is 12.0. The number of thiazole rings is 1. The summed E-state index contributed by atoms with van der Waals surface area (Å²) in [6.07, 6.45) is 0.615. The molecule has 0 saturated carbocycles. The van der Waals surface area contributed by atoms with Gasteiger partial charge in [-0.25, -0.2) is 14.6 Å². The molecule has 2 rings (SSSR count). The molecule has 2 N–H and O–H groups in total. The first-order valence-electron chi connectivity index (χ1n) is 6.63. The van der Waals surface area contributed by atoms with Crippen molar-refractivity contribution in [2.24, 2.45) is 0 Å². The number of aromatic nitrogens is 1. The van der Waals surface area contributed by atoms with E-state index in [9.17, 15) is 14.4 Å². The van der Waals surface area contributed by atoms with Gasteiger partial charge in [0.1, 0.15) is 0 Å². The quantitative estimate of drug-likeness (QED) is 0.594. The normalized spacial score (nSPS) is 15.1. The molecule has 8 nitrogen and oxygen atoms in total. The fraction of sp³-hybridized carbons (Fsp3) is 0.385. The van der Waals surface area contributed by atoms with Crippen LogP contribution in [0, 0.1) is 0 Å². The number of nitrogens with zero attached hydrogens (tertiary/aromatic N) is 2. The minimum atomic E-state index is -1.05. The van der Waals surface area contributed by atoms with Gasteiger partial charge in [0.2, 0.25) is 0 Å². The van der Waals surface area contributed by atoms with Gasteiger partial charge >= 0.3 is 12.0 Å². The number of ether oxygens (including phenoxy) is 1. The van der Waals surface area contributed by atoms with Crippen LogP contribution in [0.2, 0.25) is 0 Å². The summed E-state index contributed by atoms with van der Waals surface area (Å²) >= 11 is 1.25. The zero-order chi connectivity index (χ0) is 16.1. The predicted molar refractivity (Wildman–Crippen MR) is 80.8 cm³/mol. The number of rotatable bonds is 6. The van der Waals surface area contributed by atoms with Crippen LogP contribution in [0.4, 0.5) is 9.93 Å². The molecular formula is C13H16N4O4S. The number of anilines is 1. The van der Waals surface area contributed by atoms with Crippen LogP contribution in [0.5, 0.6) is 0 Å². The Hall–Kier alpha value is -2.42. The number of hydrogen-bond donors (Lipinski definition) is 2. The Labute approximate surface area is 131 Å². The predicted octanol–water partition coefficient (Wildman–Crippen LogP) is 0.838. The summed E-state index contributed by atoms with van der Waals surface area (Å²) in [5.41, 5.74) is 0.113. The van der Waals surface area contributed by atoms with E-state index >= 15 is 0 Å². The van der Waals surface area contributed by atoms with Crippen LogP contribution in [-0.2, 0) is 9.53 Å².